The van der Waals surface area contributed by atoms with E-state index in [9.17, 15) is 24.2 Å². The second-order valence-electron chi connectivity index (χ2n) is 8.76. The average Bonchev–Trinajstić information content (AvgIpc) is 3.48. The van der Waals surface area contributed by atoms with Crippen LogP contribution in [0.5, 0.6) is 0 Å². The summed E-state index contributed by atoms with van der Waals surface area (Å²) in [5, 5.41) is 36.3. The van der Waals surface area contributed by atoms with Crippen LogP contribution in [0.25, 0.3) is 11.8 Å². The van der Waals surface area contributed by atoms with Crippen molar-refractivity contribution < 1.29 is 29.3 Å². The van der Waals surface area contributed by atoms with Gasteiger partial charge in [-0.25, -0.2) is 9.07 Å². The molecule has 0 spiro atoms. The third-order valence-corrected chi connectivity index (χ3v) is 5.47. The van der Waals surface area contributed by atoms with Gasteiger partial charge >= 0.3 is 5.97 Å². The Kier molecular flexibility index (Phi) is 7.99. The fourth-order valence-electron chi connectivity index (χ4n) is 3.61. The van der Waals surface area contributed by atoms with Crippen LogP contribution in [0.3, 0.4) is 0 Å². The lowest BCUT2D eigenvalue weighted by molar-refractivity contribution is -0.139. The maximum absolute atomic E-state index is 13.5. The molecule has 1 aliphatic rings. The van der Waals surface area contributed by atoms with Crippen LogP contribution in [0.2, 0.25) is 0 Å². The SMILES string of the molecule is CC(C)c1c(C(=O)NCC2CC2)nn(-c2ccc(F)cc2)c1C=CC(O)CC(O)CC(=O)O. The smallest absolute Gasteiger partial charge is 0.305 e. The Morgan fingerprint density at radius 1 is 1.24 bits per heavy atom. The first-order chi connectivity index (χ1) is 15.7. The molecule has 0 aliphatic heterocycles. The number of halogens is 1. The van der Waals surface area contributed by atoms with Crippen molar-refractivity contribution in [1.82, 2.24) is 15.1 Å². The van der Waals surface area contributed by atoms with E-state index in [0.717, 1.165) is 12.8 Å². The number of aromatic nitrogens is 2. The van der Waals surface area contributed by atoms with Crippen molar-refractivity contribution in [3.8, 4) is 5.69 Å². The molecule has 9 heteroatoms. The highest BCUT2D eigenvalue weighted by molar-refractivity contribution is 5.95. The first kappa shape index (κ1) is 24.6. The van der Waals surface area contributed by atoms with Crippen LogP contribution in [0.1, 0.15) is 67.2 Å². The number of carboxylic acid groups (broad SMARTS) is 1. The lowest BCUT2D eigenvalue weighted by Gasteiger charge is -2.12. The van der Waals surface area contributed by atoms with E-state index in [0.29, 0.717) is 29.4 Å². The lowest BCUT2D eigenvalue weighted by atomic mass is 9.98. The van der Waals surface area contributed by atoms with Gasteiger partial charge in [-0.15, -0.1) is 0 Å². The number of carbonyl (C=O) groups is 2. The largest absolute Gasteiger partial charge is 0.481 e. The summed E-state index contributed by atoms with van der Waals surface area (Å²) in [5.74, 6) is -1.44. The summed E-state index contributed by atoms with van der Waals surface area (Å²) in [6, 6.07) is 5.68. The summed E-state index contributed by atoms with van der Waals surface area (Å²) in [4.78, 5) is 23.7. The van der Waals surface area contributed by atoms with Gasteiger partial charge in [-0.2, -0.15) is 5.10 Å². The van der Waals surface area contributed by atoms with Crippen LogP contribution in [0.15, 0.2) is 30.3 Å². The van der Waals surface area contributed by atoms with Gasteiger partial charge in [-0.05, 0) is 55.0 Å². The average molecular weight is 460 g/mol. The number of nitrogens with zero attached hydrogens (tertiary/aromatic N) is 2. The van der Waals surface area contributed by atoms with Crippen molar-refractivity contribution in [3.05, 3.63) is 53.1 Å². The quantitative estimate of drug-likeness (QED) is 0.410. The highest BCUT2D eigenvalue weighted by Gasteiger charge is 2.27. The summed E-state index contributed by atoms with van der Waals surface area (Å²) >= 11 is 0. The summed E-state index contributed by atoms with van der Waals surface area (Å²) < 4.78 is 15.0. The molecule has 1 aromatic heterocycles. The fourth-order valence-corrected chi connectivity index (χ4v) is 3.61. The highest BCUT2D eigenvalue weighted by atomic mass is 19.1. The van der Waals surface area contributed by atoms with Gasteiger partial charge in [0.05, 0.1) is 30.0 Å². The van der Waals surface area contributed by atoms with Crippen LogP contribution < -0.4 is 5.32 Å². The van der Waals surface area contributed by atoms with Crippen LogP contribution in [-0.4, -0.2) is 55.7 Å². The molecule has 3 rings (SSSR count). The van der Waals surface area contributed by atoms with Crippen molar-refractivity contribution in [1.29, 1.82) is 0 Å². The summed E-state index contributed by atoms with van der Waals surface area (Å²) in [7, 11) is 0. The van der Waals surface area contributed by atoms with Gasteiger partial charge in [-0.1, -0.05) is 19.9 Å². The summed E-state index contributed by atoms with van der Waals surface area (Å²) in [5.41, 5.74) is 2.01. The first-order valence-electron chi connectivity index (χ1n) is 11.1. The van der Waals surface area contributed by atoms with Crippen LogP contribution >= 0.6 is 0 Å². The Hall–Kier alpha value is -3.04. The van der Waals surface area contributed by atoms with E-state index in [2.05, 4.69) is 10.4 Å². The fraction of sp³-hybridized carbons (Fsp3) is 0.458. The Morgan fingerprint density at radius 2 is 1.91 bits per heavy atom. The molecule has 1 aromatic carbocycles. The molecule has 2 aromatic rings. The zero-order chi connectivity index (χ0) is 24.1. The zero-order valence-corrected chi connectivity index (χ0v) is 18.7. The van der Waals surface area contributed by atoms with Crippen LogP contribution in [-0.2, 0) is 4.79 Å². The molecular weight excluding hydrogens is 429 g/mol. The number of aliphatic hydroxyl groups is 2. The molecule has 1 fully saturated rings. The first-order valence-corrected chi connectivity index (χ1v) is 11.1. The second kappa shape index (κ2) is 10.7. The number of aliphatic carboxylic acids is 1. The number of aliphatic hydroxyl groups excluding tert-OH is 2. The monoisotopic (exact) mass is 459 g/mol. The standard InChI is InChI=1S/C24H30FN3O5/c1-14(2)22-20(10-9-18(29)11-19(30)12-21(31)32)28(17-7-5-16(25)6-8-17)27-23(22)24(33)26-13-15-3-4-15/h5-10,14-15,18-19,29-30H,3-4,11-13H2,1-2H3,(H,26,33)(H,31,32). The predicted octanol–water partition coefficient (Wildman–Crippen LogP) is 2.87. The Labute approximate surface area is 191 Å². The van der Waals surface area contributed by atoms with Gasteiger partial charge in [0.2, 0.25) is 0 Å². The number of carboxylic acids is 1. The van der Waals surface area contributed by atoms with Gasteiger partial charge in [0.1, 0.15) is 5.82 Å². The third-order valence-electron chi connectivity index (χ3n) is 5.47. The Balaban J connectivity index is 1.96. The molecule has 0 bridgehead atoms. The molecule has 1 saturated carbocycles. The molecule has 0 saturated heterocycles. The van der Waals surface area contributed by atoms with E-state index in [-0.39, 0.29) is 23.9 Å². The van der Waals surface area contributed by atoms with Crippen molar-refractivity contribution in [3.63, 3.8) is 0 Å². The number of benzene rings is 1. The lowest BCUT2D eigenvalue weighted by Crippen LogP contribution is -2.27. The van der Waals surface area contributed by atoms with Gasteiger partial charge < -0.3 is 20.6 Å². The van der Waals surface area contributed by atoms with Gasteiger partial charge in [-0.3, -0.25) is 9.59 Å². The van der Waals surface area contributed by atoms with E-state index < -0.39 is 30.4 Å². The van der Waals surface area contributed by atoms with Gasteiger partial charge in [0, 0.05) is 18.5 Å². The molecule has 1 amide bonds. The zero-order valence-electron chi connectivity index (χ0n) is 18.7. The van der Waals surface area contributed by atoms with Crippen molar-refractivity contribution in [2.45, 2.75) is 57.7 Å². The Morgan fingerprint density at radius 3 is 2.48 bits per heavy atom. The van der Waals surface area contributed by atoms with E-state index >= 15 is 0 Å². The number of nitrogens with one attached hydrogen (secondary N) is 1. The molecule has 4 N–H and O–H groups in total. The Bertz CT molecular complexity index is 1010. The number of amides is 1. The van der Waals surface area contributed by atoms with E-state index in [4.69, 9.17) is 5.11 Å². The third kappa shape index (κ3) is 6.72. The van der Waals surface area contributed by atoms with Crippen molar-refractivity contribution in [2.24, 2.45) is 5.92 Å². The minimum Gasteiger partial charge on any atom is -0.481 e. The topological polar surface area (TPSA) is 125 Å². The van der Waals surface area contributed by atoms with E-state index in [1.807, 2.05) is 13.8 Å². The minimum atomic E-state index is -1.20. The van der Waals surface area contributed by atoms with Gasteiger partial charge in [0.25, 0.3) is 5.91 Å². The molecule has 33 heavy (non-hydrogen) atoms. The molecule has 178 valence electrons. The number of hydrogen-bond donors (Lipinski definition) is 4. The maximum Gasteiger partial charge on any atom is 0.305 e. The minimum absolute atomic E-state index is 0.0877. The van der Waals surface area contributed by atoms with Crippen molar-refractivity contribution in [2.75, 3.05) is 6.54 Å². The molecule has 1 aliphatic carbocycles. The molecular formula is C24H30FN3O5. The van der Waals surface area contributed by atoms with Crippen LogP contribution in [0, 0.1) is 11.7 Å². The van der Waals surface area contributed by atoms with Crippen LogP contribution in [0.4, 0.5) is 4.39 Å². The van der Waals surface area contributed by atoms with Gasteiger partial charge in [0.15, 0.2) is 5.69 Å². The highest BCUT2D eigenvalue weighted by Crippen LogP contribution is 2.30. The summed E-state index contributed by atoms with van der Waals surface area (Å²) in [6.07, 6.45) is 2.30. The van der Waals surface area contributed by atoms with E-state index in [1.54, 1.807) is 18.2 Å². The molecule has 2 unspecified atom stereocenters. The number of carbonyl (C=O) groups excluding carboxylic acids is 1. The predicted molar refractivity (Wildman–Crippen MR) is 121 cm³/mol. The molecule has 8 nitrogen and oxygen atoms in total. The van der Waals surface area contributed by atoms with Crippen molar-refractivity contribution >= 4 is 18.0 Å². The second-order valence-corrected chi connectivity index (χ2v) is 8.76. The number of hydrogen-bond acceptors (Lipinski definition) is 5. The van der Waals surface area contributed by atoms with E-state index in [1.165, 1.54) is 22.9 Å². The summed E-state index contributed by atoms with van der Waals surface area (Å²) in [6.45, 7) is 4.44. The normalized spacial score (nSPS) is 15.7. The molecule has 0 radical (unpaired) electrons. The maximum atomic E-state index is 13.5. The molecule has 2 atom stereocenters. The molecule has 1 heterocycles. The number of rotatable bonds is 11.